The van der Waals surface area contributed by atoms with Gasteiger partial charge < -0.3 is 14.3 Å². The average molecular weight is 445 g/mol. The van der Waals surface area contributed by atoms with Crippen molar-refractivity contribution in [2.75, 3.05) is 6.61 Å². The molecular formula is C25H24FN5O2. The van der Waals surface area contributed by atoms with Crippen LogP contribution in [0.5, 0.6) is 0 Å². The molecule has 5 rings (SSSR count). The molecule has 4 aromatic rings. The fourth-order valence-corrected chi connectivity index (χ4v) is 3.85. The maximum Gasteiger partial charge on any atom is 0.310 e. The van der Waals surface area contributed by atoms with Gasteiger partial charge in [0.15, 0.2) is 5.82 Å². The Bertz CT molecular complexity index is 1420. The quantitative estimate of drug-likeness (QED) is 0.357. The zero-order valence-electron chi connectivity index (χ0n) is 18.7. The second-order valence-corrected chi connectivity index (χ2v) is 8.46. The fourth-order valence-electron chi connectivity index (χ4n) is 3.85. The summed E-state index contributed by atoms with van der Waals surface area (Å²) in [4.78, 5) is 28.9. The van der Waals surface area contributed by atoms with Gasteiger partial charge in [-0.05, 0) is 39.7 Å². The lowest BCUT2D eigenvalue weighted by atomic mass is 10.0. The van der Waals surface area contributed by atoms with Crippen LogP contribution in [0.4, 0.5) is 4.39 Å². The highest BCUT2D eigenvalue weighted by atomic mass is 19.1. The van der Waals surface area contributed by atoms with E-state index < -0.39 is 5.82 Å². The molecule has 0 aromatic carbocycles. The van der Waals surface area contributed by atoms with Gasteiger partial charge >= 0.3 is 5.97 Å². The number of pyridine rings is 1. The number of aromatic nitrogens is 5. The minimum atomic E-state index is -0.428. The summed E-state index contributed by atoms with van der Waals surface area (Å²) in [5.74, 6) is 6.40. The number of esters is 1. The van der Waals surface area contributed by atoms with E-state index in [0.29, 0.717) is 40.6 Å². The molecule has 4 aromatic heterocycles. The molecule has 8 heteroatoms. The monoisotopic (exact) mass is 445 g/mol. The first kappa shape index (κ1) is 21.1. The molecule has 0 bridgehead atoms. The summed E-state index contributed by atoms with van der Waals surface area (Å²) in [6.45, 7) is 5.94. The number of carbonyl (C=O) groups excluding carboxylic acids is 1. The highest BCUT2D eigenvalue weighted by Crippen LogP contribution is 2.32. The van der Waals surface area contributed by atoms with Crippen molar-refractivity contribution in [1.82, 2.24) is 24.5 Å². The molecule has 4 heterocycles. The minimum Gasteiger partial charge on any atom is -0.466 e. The number of nitrogens with one attached hydrogen (secondary N) is 1. The highest BCUT2D eigenvalue weighted by Gasteiger charge is 2.26. The van der Waals surface area contributed by atoms with Gasteiger partial charge in [0.2, 0.25) is 0 Å². The zero-order chi connectivity index (χ0) is 23.1. The summed E-state index contributed by atoms with van der Waals surface area (Å²) >= 11 is 0. The van der Waals surface area contributed by atoms with E-state index in [1.54, 1.807) is 19.3 Å². The van der Waals surface area contributed by atoms with Crippen molar-refractivity contribution in [1.29, 1.82) is 0 Å². The number of fused-ring (bicyclic) bond motifs is 2. The summed E-state index contributed by atoms with van der Waals surface area (Å²) in [7, 11) is 0. The van der Waals surface area contributed by atoms with E-state index in [2.05, 4.69) is 26.8 Å². The average Bonchev–Trinajstić information content (AvgIpc) is 3.44. The van der Waals surface area contributed by atoms with E-state index in [9.17, 15) is 9.18 Å². The Morgan fingerprint density at radius 1 is 1.30 bits per heavy atom. The van der Waals surface area contributed by atoms with Crippen molar-refractivity contribution in [3.63, 3.8) is 0 Å². The third-order valence-electron chi connectivity index (χ3n) is 6.12. The van der Waals surface area contributed by atoms with Crippen LogP contribution in [0.3, 0.4) is 0 Å². The number of hydrogen-bond donors (Lipinski definition) is 1. The second-order valence-electron chi connectivity index (χ2n) is 8.46. The topological polar surface area (TPSA) is 85.7 Å². The van der Waals surface area contributed by atoms with Crippen LogP contribution in [0, 0.1) is 29.5 Å². The Labute approximate surface area is 190 Å². The van der Waals surface area contributed by atoms with Crippen LogP contribution in [0.25, 0.3) is 33.5 Å². The first-order valence-corrected chi connectivity index (χ1v) is 11.1. The van der Waals surface area contributed by atoms with Crippen molar-refractivity contribution in [3.8, 4) is 23.2 Å². The van der Waals surface area contributed by atoms with Crippen molar-refractivity contribution >= 4 is 28.0 Å². The van der Waals surface area contributed by atoms with Gasteiger partial charge in [-0.25, -0.2) is 19.3 Å². The van der Waals surface area contributed by atoms with Crippen LogP contribution in [-0.4, -0.2) is 37.1 Å². The number of H-pyrrole nitrogens is 1. The molecule has 33 heavy (non-hydrogen) atoms. The van der Waals surface area contributed by atoms with Crippen molar-refractivity contribution < 1.29 is 13.9 Å². The molecule has 0 aliphatic heterocycles. The Morgan fingerprint density at radius 3 is 2.88 bits per heavy atom. The predicted octanol–water partition coefficient (Wildman–Crippen LogP) is 4.64. The summed E-state index contributed by atoms with van der Waals surface area (Å²) in [6.07, 6.45) is 8.85. The van der Waals surface area contributed by atoms with Gasteiger partial charge in [0.1, 0.15) is 17.1 Å². The van der Waals surface area contributed by atoms with Crippen molar-refractivity contribution in [2.24, 2.45) is 11.8 Å². The maximum atomic E-state index is 13.8. The van der Waals surface area contributed by atoms with Crippen LogP contribution >= 0.6 is 0 Å². The minimum absolute atomic E-state index is 0.215. The third kappa shape index (κ3) is 3.95. The van der Waals surface area contributed by atoms with Gasteiger partial charge in [0.25, 0.3) is 0 Å². The number of nitrogens with zero attached hydrogens (tertiary/aromatic N) is 4. The van der Waals surface area contributed by atoms with Crippen LogP contribution < -0.4 is 0 Å². The maximum absolute atomic E-state index is 13.8. The van der Waals surface area contributed by atoms with E-state index in [1.165, 1.54) is 12.3 Å². The van der Waals surface area contributed by atoms with E-state index in [0.717, 1.165) is 23.8 Å². The van der Waals surface area contributed by atoms with E-state index in [4.69, 9.17) is 9.72 Å². The van der Waals surface area contributed by atoms with Crippen LogP contribution in [-0.2, 0) is 9.53 Å². The second kappa shape index (κ2) is 8.32. The Morgan fingerprint density at radius 2 is 2.12 bits per heavy atom. The Kier molecular flexibility index (Phi) is 5.33. The van der Waals surface area contributed by atoms with Crippen LogP contribution in [0.2, 0.25) is 0 Å². The molecule has 2 atom stereocenters. The molecule has 1 aliphatic carbocycles. The summed E-state index contributed by atoms with van der Waals surface area (Å²) in [5, 5.41) is 1.42. The lowest BCUT2D eigenvalue weighted by Gasteiger charge is -2.20. The lowest BCUT2D eigenvalue weighted by molar-refractivity contribution is -0.148. The van der Waals surface area contributed by atoms with E-state index in [1.807, 2.05) is 24.6 Å². The number of halogens is 1. The molecule has 1 aliphatic rings. The van der Waals surface area contributed by atoms with Crippen LogP contribution in [0.15, 0.2) is 30.9 Å². The zero-order valence-corrected chi connectivity index (χ0v) is 18.7. The van der Waals surface area contributed by atoms with Crippen molar-refractivity contribution in [3.05, 3.63) is 42.2 Å². The van der Waals surface area contributed by atoms with Gasteiger partial charge in [-0.15, -0.1) is 0 Å². The first-order valence-electron chi connectivity index (χ1n) is 11.1. The fraction of sp³-hybridized carbons (Fsp3) is 0.360. The highest BCUT2D eigenvalue weighted by molar-refractivity contribution is 5.93. The number of hydrogen-bond acceptors (Lipinski definition) is 5. The lowest BCUT2D eigenvalue weighted by Crippen LogP contribution is -2.24. The normalized spacial score (nSPS) is 15.3. The molecule has 1 saturated carbocycles. The molecular weight excluding hydrogens is 421 g/mol. The van der Waals surface area contributed by atoms with Gasteiger partial charge in [-0.1, -0.05) is 11.8 Å². The Balaban J connectivity index is 1.64. The van der Waals surface area contributed by atoms with Gasteiger partial charge in [0.05, 0.1) is 29.7 Å². The van der Waals surface area contributed by atoms with Crippen LogP contribution in [0.1, 0.15) is 45.2 Å². The first-order chi connectivity index (χ1) is 16.0. The van der Waals surface area contributed by atoms with E-state index >= 15 is 0 Å². The summed E-state index contributed by atoms with van der Waals surface area (Å²) < 4.78 is 21.0. The molecule has 0 radical (unpaired) electrons. The number of aromatic amines is 1. The smallest absolute Gasteiger partial charge is 0.310 e. The SMILES string of the molecule is CCOC(=O)[C@H](C)[C@@H](C)n1cc(C#CC2CC2)c2cnc(-c3c[nH]c4ncc(F)cc34)nc21. The van der Waals surface area contributed by atoms with E-state index in [-0.39, 0.29) is 17.9 Å². The number of rotatable bonds is 5. The Hall–Kier alpha value is -3.73. The third-order valence-corrected chi connectivity index (χ3v) is 6.12. The van der Waals surface area contributed by atoms with Gasteiger partial charge in [0, 0.05) is 41.5 Å². The van der Waals surface area contributed by atoms with Crippen molar-refractivity contribution in [2.45, 2.75) is 39.7 Å². The molecule has 1 fully saturated rings. The standard InChI is InChI=1S/C25H24FN5O2/c1-4-33-25(32)14(2)15(3)31-13-17(8-7-16-5-6-16)20-11-29-23(30-24(20)31)21-12-28-22-19(21)9-18(26)10-27-22/h9-16H,4-6H2,1-3H3,(H,27,28)/t14-,15-/m1/s1. The molecule has 168 valence electrons. The molecule has 1 N–H and O–H groups in total. The van der Waals surface area contributed by atoms with Gasteiger partial charge in [-0.3, -0.25) is 4.79 Å². The summed E-state index contributed by atoms with van der Waals surface area (Å²) in [6, 6.07) is 1.20. The number of carbonyl (C=O) groups is 1. The van der Waals surface area contributed by atoms with Gasteiger partial charge in [-0.2, -0.15) is 0 Å². The largest absolute Gasteiger partial charge is 0.466 e. The summed E-state index contributed by atoms with van der Waals surface area (Å²) in [5.41, 5.74) is 2.72. The molecule has 0 saturated heterocycles. The molecule has 0 spiro atoms. The molecule has 7 nitrogen and oxygen atoms in total. The predicted molar refractivity (Wildman–Crippen MR) is 123 cm³/mol. The number of ether oxygens (including phenoxy) is 1. The molecule has 0 amide bonds. The molecule has 0 unspecified atom stereocenters.